The first-order chi connectivity index (χ1) is 10.5. The van der Waals surface area contributed by atoms with Crippen molar-refractivity contribution in [1.82, 2.24) is 0 Å². The van der Waals surface area contributed by atoms with Gasteiger partial charge in [0.1, 0.15) is 32.5 Å². The Balaban J connectivity index is 2.11. The summed E-state index contributed by atoms with van der Waals surface area (Å²) in [6.07, 6.45) is 1.17. The minimum Gasteiger partial charge on any atom is -0.431 e. The van der Waals surface area contributed by atoms with E-state index < -0.39 is 25.9 Å². The normalized spacial score (nSPS) is 21.9. The topological polar surface area (TPSA) is 68.3 Å². The van der Waals surface area contributed by atoms with E-state index in [1.807, 2.05) is 0 Å². The van der Waals surface area contributed by atoms with Gasteiger partial charge in [-0.05, 0) is 40.0 Å². The van der Waals surface area contributed by atoms with Gasteiger partial charge in [0.15, 0.2) is 0 Å². The van der Waals surface area contributed by atoms with E-state index >= 15 is 0 Å². The largest absolute Gasteiger partial charge is 0.508 e. The van der Waals surface area contributed by atoms with Crippen LogP contribution in [0.2, 0.25) is 19.6 Å². The highest BCUT2D eigenvalue weighted by atomic mass is 28.3. The lowest BCUT2D eigenvalue weighted by molar-refractivity contribution is -0.00947. The van der Waals surface area contributed by atoms with Gasteiger partial charge >= 0.3 is 6.16 Å². The third-order valence-corrected chi connectivity index (χ3v) is 3.92. The molecule has 1 unspecified atom stereocenters. The van der Waals surface area contributed by atoms with Crippen molar-refractivity contribution in [3.8, 4) is 11.5 Å². The van der Waals surface area contributed by atoms with Crippen molar-refractivity contribution in [2.45, 2.75) is 83.6 Å². The second-order valence-corrected chi connectivity index (χ2v) is 12.7. The van der Waals surface area contributed by atoms with Crippen LogP contribution in [0.25, 0.3) is 0 Å². The molecule has 3 atom stereocenters. The zero-order valence-corrected chi connectivity index (χ0v) is 16.1. The molecular weight excluding hydrogens is 312 g/mol. The van der Waals surface area contributed by atoms with E-state index in [0.29, 0.717) is 6.42 Å². The van der Waals surface area contributed by atoms with Crippen molar-refractivity contribution in [1.29, 1.82) is 0 Å². The minimum atomic E-state index is -1.42. The molecule has 0 aromatic heterocycles. The number of hydrogen-bond acceptors (Lipinski definition) is 5. The number of carbonyl (C=O) groups is 1. The monoisotopic (exact) mass is 342 g/mol. The quantitative estimate of drug-likeness (QED) is 0.348. The third kappa shape index (κ3) is 10.4. The first kappa shape index (κ1) is 20.0. The number of rotatable bonds is 6. The molecule has 1 fully saturated rings. The fraction of sp³-hybridized carbons (Fsp3) is 0.824. The zero-order chi connectivity index (χ0) is 17.7. The van der Waals surface area contributed by atoms with Gasteiger partial charge in [-0.2, -0.15) is 0 Å². The lowest BCUT2D eigenvalue weighted by Crippen LogP contribution is -2.25. The second-order valence-electron chi connectivity index (χ2n) is 7.95. The van der Waals surface area contributed by atoms with Gasteiger partial charge in [-0.25, -0.2) is 4.79 Å². The summed E-state index contributed by atoms with van der Waals surface area (Å²) in [4.78, 5) is 11.4. The molecule has 23 heavy (non-hydrogen) atoms. The number of epoxide rings is 1. The Bertz CT molecular complexity index is 452. The van der Waals surface area contributed by atoms with Gasteiger partial charge in [-0.3, -0.25) is 0 Å². The maximum absolute atomic E-state index is 11.4. The van der Waals surface area contributed by atoms with Crippen LogP contribution in [-0.2, 0) is 14.2 Å². The Morgan fingerprint density at radius 2 is 1.96 bits per heavy atom. The van der Waals surface area contributed by atoms with Gasteiger partial charge in [0.05, 0.1) is 6.10 Å². The highest BCUT2D eigenvalue weighted by molar-refractivity contribution is 6.83. The molecule has 0 amide bonds. The van der Waals surface area contributed by atoms with Crippen molar-refractivity contribution in [3.63, 3.8) is 0 Å². The molecule has 0 radical (unpaired) electrons. The predicted molar refractivity (Wildman–Crippen MR) is 91.8 cm³/mol. The maximum atomic E-state index is 11.4. The lowest BCUT2D eigenvalue weighted by Gasteiger charge is -2.18. The number of hydrogen-bond donors (Lipinski definition) is 1. The molecule has 1 aliphatic heterocycles. The average molecular weight is 343 g/mol. The first-order valence-corrected chi connectivity index (χ1v) is 11.7. The zero-order valence-electron chi connectivity index (χ0n) is 15.1. The lowest BCUT2D eigenvalue weighted by atomic mass is 10.1. The number of ether oxygens (including phenoxy) is 3. The maximum Gasteiger partial charge on any atom is 0.508 e. The molecule has 0 aliphatic carbocycles. The van der Waals surface area contributed by atoms with Gasteiger partial charge in [0.25, 0.3) is 0 Å². The minimum absolute atomic E-state index is 0.0484. The Labute approximate surface area is 140 Å². The standard InChI is InChI=1S/C17H30O5Si/c1-17(2,3)22-16(19)20-12-15-14(21-15)9-7-8-13(18)10-11-23(4,5)6/h13-15,18H,7-9,12H2,1-6H3/t13?,14-,15-/m1/s1. The van der Waals surface area contributed by atoms with Crippen LogP contribution < -0.4 is 0 Å². The number of aliphatic hydroxyl groups is 1. The molecule has 1 aliphatic rings. The molecule has 0 spiro atoms. The van der Waals surface area contributed by atoms with Crippen molar-refractivity contribution in [2.24, 2.45) is 0 Å². The van der Waals surface area contributed by atoms with E-state index in [0.717, 1.165) is 12.8 Å². The Kier molecular flexibility index (Phi) is 7.12. The Hall–Kier alpha value is -1.03. The second kappa shape index (κ2) is 8.18. The third-order valence-electron chi connectivity index (χ3n) is 3.02. The summed E-state index contributed by atoms with van der Waals surface area (Å²) in [6, 6.07) is 0. The number of carbonyl (C=O) groups excluding carboxylic acids is 1. The molecule has 132 valence electrons. The fourth-order valence-electron chi connectivity index (χ4n) is 1.89. The average Bonchev–Trinajstić information content (AvgIpc) is 3.10. The first-order valence-electron chi connectivity index (χ1n) is 8.18. The fourth-order valence-corrected chi connectivity index (χ4v) is 2.49. The summed E-state index contributed by atoms with van der Waals surface area (Å²) in [5, 5.41) is 9.82. The summed E-state index contributed by atoms with van der Waals surface area (Å²) in [5.74, 6) is 2.93. The highest BCUT2D eigenvalue weighted by Gasteiger charge is 2.39. The Morgan fingerprint density at radius 3 is 2.52 bits per heavy atom. The smallest absolute Gasteiger partial charge is 0.431 e. The van der Waals surface area contributed by atoms with E-state index in [2.05, 4.69) is 31.1 Å². The van der Waals surface area contributed by atoms with Crippen LogP contribution in [0.3, 0.4) is 0 Å². The summed E-state index contributed by atoms with van der Waals surface area (Å²) in [5.41, 5.74) is 2.62. The molecule has 1 saturated heterocycles. The van der Waals surface area contributed by atoms with Crippen molar-refractivity contribution < 1.29 is 24.1 Å². The summed E-state index contributed by atoms with van der Waals surface area (Å²) < 4.78 is 15.5. The summed E-state index contributed by atoms with van der Waals surface area (Å²) in [6.45, 7) is 12.1. The molecular formula is C17H30O5Si. The Morgan fingerprint density at radius 1 is 1.30 bits per heavy atom. The summed E-state index contributed by atoms with van der Waals surface area (Å²) >= 11 is 0. The van der Waals surface area contributed by atoms with E-state index in [-0.39, 0.29) is 18.8 Å². The van der Waals surface area contributed by atoms with Crippen molar-refractivity contribution in [3.05, 3.63) is 0 Å². The summed E-state index contributed by atoms with van der Waals surface area (Å²) in [7, 11) is -1.42. The molecule has 1 heterocycles. The van der Waals surface area contributed by atoms with Gasteiger partial charge in [0.2, 0.25) is 0 Å². The molecule has 0 aromatic carbocycles. The van der Waals surface area contributed by atoms with Crippen LogP contribution in [-0.4, -0.2) is 49.9 Å². The molecule has 0 aromatic rings. The molecule has 5 nitrogen and oxygen atoms in total. The van der Waals surface area contributed by atoms with Gasteiger partial charge in [0, 0.05) is 0 Å². The van der Waals surface area contributed by atoms with Crippen LogP contribution in [0.15, 0.2) is 0 Å². The van der Waals surface area contributed by atoms with Crippen LogP contribution in [0.5, 0.6) is 0 Å². The van der Waals surface area contributed by atoms with E-state index in [4.69, 9.17) is 14.2 Å². The molecule has 1 N–H and O–H groups in total. The van der Waals surface area contributed by atoms with Crippen LogP contribution >= 0.6 is 0 Å². The van der Waals surface area contributed by atoms with Crippen LogP contribution in [0, 0.1) is 11.5 Å². The van der Waals surface area contributed by atoms with Crippen LogP contribution in [0.4, 0.5) is 4.79 Å². The highest BCUT2D eigenvalue weighted by Crippen LogP contribution is 2.27. The van der Waals surface area contributed by atoms with Gasteiger partial charge in [-0.1, -0.05) is 25.6 Å². The van der Waals surface area contributed by atoms with Crippen molar-refractivity contribution >= 4 is 14.2 Å². The molecule has 0 bridgehead atoms. The molecule has 0 saturated carbocycles. The number of aliphatic hydroxyl groups excluding tert-OH is 1. The van der Waals surface area contributed by atoms with E-state index in [1.54, 1.807) is 20.8 Å². The predicted octanol–water partition coefficient (Wildman–Crippen LogP) is 3.12. The van der Waals surface area contributed by atoms with Gasteiger partial charge < -0.3 is 19.3 Å². The molecule has 6 heteroatoms. The van der Waals surface area contributed by atoms with Gasteiger partial charge in [-0.15, -0.1) is 5.54 Å². The van der Waals surface area contributed by atoms with E-state index in [1.165, 1.54) is 0 Å². The van der Waals surface area contributed by atoms with Crippen LogP contribution in [0.1, 0.15) is 40.0 Å². The van der Waals surface area contributed by atoms with E-state index in [9.17, 15) is 9.90 Å². The SMILES string of the molecule is CC(C)(C)OC(=O)OC[C@H]1O[C@@H]1CCCC(O)C#C[Si](C)(C)C. The van der Waals surface area contributed by atoms with Crippen molar-refractivity contribution in [2.75, 3.05) is 6.61 Å². The molecule has 1 rings (SSSR count).